The fourth-order valence-corrected chi connectivity index (χ4v) is 3.62. The Balaban J connectivity index is 2.10. The number of ether oxygens (including phenoxy) is 1. The van der Waals surface area contributed by atoms with Crippen LogP contribution >= 0.6 is 0 Å². The molecule has 7 heteroatoms. The van der Waals surface area contributed by atoms with Crippen molar-refractivity contribution < 1.29 is 23.1 Å². The first kappa shape index (κ1) is 18.0. The van der Waals surface area contributed by atoms with Gasteiger partial charge in [-0.1, -0.05) is 12.1 Å². The molecule has 0 fully saturated rings. The third-order valence-electron chi connectivity index (χ3n) is 4.27. The van der Waals surface area contributed by atoms with Crippen molar-refractivity contribution in [2.45, 2.75) is 25.3 Å². The second-order valence-electron chi connectivity index (χ2n) is 6.21. The number of sulfone groups is 1. The van der Waals surface area contributed by atoms with E-state index in [1.165, 1.54) is 12.1 Å². The number of aryl methyl sites for hydroxylation is 1. The van der Waals surface area contributed by atoms with Crippen molar-refractivity contribution in [1.82, 2.24) is 4.57 Å². The van der Waals surface area contributed by atoms with Gasteiger partial charge < -0.3 is 14.4 Å². The van der Waals surface area contributed by atoms with Crippen LogP contribution in [0.15, 0.2) is 47.4 Å². The molecule has 2 aromatic carbocycles. The molecule has 26 heavy (non-hydrogen) atoms. The summed E-state index contributed by atoms with van der Waals surface area (Å²) in [5.41, 5.74) is 2.45. The van der Waals surface area contributed by atoms with E-state index in [0.717, 1.165) is 22.7 Å². The lowest BCUT2D eigenvalue weighted by Gasteiger charge is -2.08. The van der Waals surface area contributed by atoms with Crippen molar-refractivity contribution in [3.8, 4) is 11.5 Å². The molecule has 0 aliphatic rings. The van der Waals surface area contributed by atoms with E-state index in [-0.39, 0.29) is 11.4 Å². The number of carboxylic acids is 1. The van der Waals surface area contributed by atoms with Gasteiger partial charge in [-0.05, 0) is 49.7 Å². The number of rotatable bonds is 5. The van der Waals surface area contributed by atoms with Crippen LogP contribution in [0.4, 0.5) is 0 Å². The summed E-state index contributed by atoms with van der Waals surface area (Å²) in [6.07, 6.45) is 1.15. The highest BCUT2D eigenvalue weighted by Crippen LogP contribution is 2.38. The van der Waals surface area contributed by atoms with E-state index in [2.05, 4.69) is 0 Å². The lowest BCUT2D eigenvalue weighted by molar-refractivity contribution is -0.137. The average molecular weight is 373 g/mol. The molecule has 0 amide bonds. The van der Waals surface area contributed by atoms with Gasteiger partial charge in [-0.3, -0.25) is 4.79 Å². The van der Waals surface area contributed by atoms with Crippen LogP contribution in [0.1, 0.15) is 11.3 Å². The number of aliphatic carboxylic acids is 1. The number of aromatic nitrogens is 1. The van der Waals surface area contributed by atoms with E-state index < -0.39 is 15.8 Å². The Morgan fingerprint density at radius 1 is 1.12 bits per heavy atom. The number of fused-ring (bicyclic) bond motifs is 1. The molecule has 0 aliphatic carbocycles. The molecular weight excluding hydrogens is 354 g/mol. The Bertz CT molecular complexity index is 1100. The Labute approximate surface area is 151 Å². The van der Waals surface area contributed by atoms with Crippen LogP contribution in [-0.2, 0) is 21.2 Å². The minimum absolute atomic E-state index is 0.165. The standard InChI is InChI=1S/C19H19NO5S/c1-12-5-4-6-16-18(12)19(13(2)20(16)11-17(21)22)25-14-7-9-15(10-8-14)26(3,23)24/h4-10H,11H2,1-3H3,(H,21,22). The Kier molecular flexibility index (Phi) is 4.50. The maximum absolute atomic E-state index is 11.6. The number of carboxylic acid groups (broad SMARTS) is 1. The van der Waals surface area contributed by atoms with Crippen molar-refractivity contribution in [3.05, 3.63) is 53.7 Å². The minimum Gasteiger partial charge on any atom is -0.480 e. The normalized spacial score (nSPS) is 11.7. The maximum Gasteiger partial charge on any atom is 0.323 e. The van der Waals surface area contributed by atoms with E-state index in [0.29, 0.717) is 17.2 Å². The maximum atomic E-state index is 11.6. The summed E-state index contributed by atoms with van der Waals surface area (Å²) in [6.45, 7) is 3.58. The highest BCUT2D eigenvalue weighted by Gasteiger charge is 2.19. The summed E-state index contributed by atoms with van der Waals surface area (Å²) in [5.74, 6) is 0.125. The van der Waals surface area contributed by atoms with E-state index in [1.807, 2.05) is 32.0 Å². The van der Waals surface area contributed by atoms with Gasteiger partial charge in [0.2, 0.25) is 0 Å². The van der Waals surface area contributed by atoms with Gasteiger partial charge in [0.1, 0.15) is 12.3 Å². The topological polar surface area (TPSA) is 85.6 Å². The third-order valence-corrected chi connectivity index (χ3v) is 5.40. The van der Waals surface area contributed by atoms with E-state index in [9.17, 15) is 18.3 Å². The second kappa shape index (κ2) is 6.49. The molecule has 0 saturated heterocycles. The third kappa shape index (κ3) is 3.30. The molecular formula is C19H19NO5S. The van der Waals surface area contributed by atoms with E-state index in [1.54, 1.807) is 16.7 Å². The molecule has 0 bridgehead atoms. The molecule has 1 N–H and O–H groups in total. The number of carbonyl (C=O) groups is 1. The van der Waals surface area contributed by atoms with Crippen molar-refractivity contribution in [2.75, 3.05) is 6.26 Å². The number of hydrogen-bond donors (Lipinski definition) is 1. The summed E-state index contributed by atoms with van der Waals surface area (Å²) < 4.78 is 30.9. The quantitative estimate of drug-likeness (QED) is 0.739. The number of benzene rings is 2. The minimum atomic E-state index is -3.28. The predicted molar refractivity (Wildman–Crippen MR) is 98.7 cm³/mol. The molecule has 3 aromatic rings. The molecule has 0 atom stereocenters. The van der Waals surface area contributed by atoms with Crippen LogP contribution < -0.4 is 4.74 Å². The van der Waals surface area contributed by atoms with Crippen LogP contribution in [0.3, 0.4) is 0 Å². The molecule has 0 spiro atoms. The van der Waals surface area contributed by atoms with Crippen molar-refractivity contribution in [3.63, 3.8) is 0 Å². The number of hydrogen-bond acceptors (Lipinski definition) is 4. The second-order valence-corrected chi connectivity index (χ2v) is 8.22. The molecule has 1 heterocycles. The molecule has 6 nitrogen and oxygen atoms in total. The molecule has 0 unspecified atom stereocenters. The van der Waals surface area contributed by atoms with Crippen LogP contribution in [-0.4, -0.2) is 30.3 Å². The monoisotopic (exact) mass is 373 g/mol. The smallest absolute Gasteiger partial charge is 0.323 e. The van der Waals surface area contributed by atoms with Gasteiger partial charge in [-0.25, -0.2) is 8.42 Å². The van der Waals surface area contributed by atoms with Gasteiger partial charge in [-0.15, -0.1) is 0 Å². The SMILES string of the molecule is Cc1cccc2c1c(Oc1ccc(S(C)(=O)=O)cc1)c(C)n2CC(=O)O. The fourth-order valence-electron chi connectivity index (χ4n) is 2.99. The first-order valence-corrected chi connectivity index (χ1v) is 9.86. The molecule has 0 saturated carbocycles. The first-order valence-electron chi connectivity index (χ1n) is 7.96. The molecule has 136 valence electrons. The average Bonchev–Trinajstić information content (AvgIpc) is 2.81. The Hall–Kier alpha value is -2.80. The zero-order valence-corrected chi connectivity index (χ0v) is 15.5. The highest BCUT2D eigenvalue weighted by atomic mass is 32.2. The van der Waals surface area contributed by atoms with Crippen LogP contribution in [0.5, 0.6) is 11.5 Å². The number of nitrogens with zero attached hydrogens (tertiary/aromatic N) is 1. The summed E-state index contributed by atoms with van der Waals surface area (Å²) in [7, 11) is -3.28. The lowest BCUT2D eigenvalue weighted by atomic mass is 10.1. The molecule has 3 rings (SSSR count). The molecule has 1 aromatic heterocycles. The first-order chi connectivity index (χ1) is 12.2. The van der Waals surface area contributed by atoms with Crippen LogP contribution in [0.2, 0.25) is 0 Å². The summed E-state index contributed by atoms with van der Waals surface area (Å²) in [4.78, 5) is 11.4. The summed E-state index contributed by atoms with van der Waals surface area (Å²) in [6, 6.07) is 11.8. The largest absolute Gasteiger partial charge is 0.480 e. The predicted octanol–water partition coefficient (Wildman–Crippen LogP) is 3.54. The van der Waals surface area contributed by atoms with Gasteiger partial charge in [0, 0.05) is 11.6 Å². The lowest BCUT2D eigenvalue weighted by Crippen LogP contribution is -2.09. The Morgan fingerprint density at radius 3 is 2.35 bits per heavy atom. The van der Waals surface area contributed by atoms with Gasteiger partial charge in [0.25, 0.3) is 0 Å². The van der Waals surface area contributed by atoms with Gasteiger partial charge >= 0.3 is 5.97 Å². The Morgan fingerprint density at radius 2 is 1.77 bits per heavy atom. The summed E-state index contributed by atoms with van der Waals surface area (Å²) >= 11 is 0. The van der Waals surface area contributed by atoms with Crippen LogP contribution in [0.25, 0.3) is 10.9 Å². The van der Waals surface area contributed by atoms with E-state index >= 15 is 0 Å². The van der Waals surface area contributed by atoms with Crippen molar-refractivity contribution >= 4 is 26.7 Å². The molecule has 0 aliphatic heterocycles. The van der Waals surface area contributed by atoms with Crippen molar-refractivity contribution in [1.29, 1.82) is 0 Å². The fraction of sp³-hybridized carbons (Fsp3) is 0.211. The molecule has 0 radical (unpaired) electrons. The van der Waals surface area contributed by atoms with Crippen LogP contribution in [0, 0.1) is 13.8 Å². The van der Waals surface area contributed by atoms with E-state index in [4.69, 9.17) is 4.74 Å². The van der Waals surface area contributed by atoms with Gasteiger partial charge in [0.05, 0.1) is 16.1 Å². The van der Waals surface area contributed by atoms with Gasteiger partial charge in [-0.2, -0.15) is 0 Å². The highest BCUT2D eigenvalue weighted by molar-refractivity contribution is 7.90. The van der Waals surface area contributed by atoms with Gasteiger partial charge in [0.15, 0.2) is 15.6 Å². The summed E-state index contributed by atoms with van der Waals surface area (Å²) in [5, 5.41) is 10.1. The van der Waals surface area contributed by atoms with Crippen molar-refractivity contribution in [2.24, 2.45) is 0 Å². The zero-order valence-electron chi connectivity index (χ0n) is 14.7. The zero-order chi connectivity index (χ0) is 19.1.